The Balaban J connectivity index is 2.57. The van der Waals surface area contributed by atoms with E-state index in [1.165, 1.54) is 6.92 Å². The smallest absolute Gasteiger partial charge is 0.354 e. The molecule has 0 aromatic carbocycles. The molecule has 1 amide bonds. The highest BCUT2D eigenvalue weighted by Gasteiger charge is 2.44. The monoisotopic (exact) mass is 183 g/mol. The van der Waals surface area contributed by atoms with E-state index in [0.29, 0.717) is 0 Å². The predicted octanol–water partition coefficient (Wildman–Crippen LogP) is 0.452. The van der Waals surface area contributed by atoms with Crippen LogP contribution < -0.4 is 5.32 Å². The molecule has 1 aliphatic heterocycles. The third-order valence-electron chi connectivity index (χ3n) is 1.56. The number of hydrogen-bond acceptors (Lipinski definition) is 2. The summed E-state index contributed by atoms with van der Waals surface area (Å²) in [6.45, 7) is 0.792. The molecule has 1 aliphatic rings. The van der Waals surface area contributed by atoms with Gasteiger partial charge in [0.25, 0.3) is 0 Å². The Labute approximate surface area is 66.9 Å². The van der Waals surface area contributed by atoms with Crippen LogP contribution in [0.4, 0.5) is 13.2 Å². The van der Waals surface area contributed by atoms with E-state index < -0.39 is 30.8 Å². The molecule has 0 bridgehead atoms. The first kappa shape index (κ1) is 9.31. The molecular formula is C6H8F3NO2. The van der Waals surface area contributed by atoms with Gasteiger partial charge in [-0.3, -0.25) is 4.79 Å². The lowest BCUT2D eigenvalue weighted by molar-refractivity contribution is -0.235. The Morgan fingerprint density at radius 3 is 2.58 bits per heavy atom. The van der Waals surface area contributed by atoms with Gasteiger partial charge in [0.1, 0.15) is 6.10 Å². The molecule has 0 aromatic rings. The van der Waals surface area contributed by atoms with Gasteiger partial charge in [0, 0.05) is 0 Å². The van der Waals surface area contributed by atoms with Crippen LogP contribution in [-0.4, -0.2) is 30.8 Å². The van der Waals surface area contributed by atoms with Crippen molar-refractivity contribution >= 4 is 5.91 Å². The zero-order valence-corrected chi connectivity index (χ0v) is 6.31. The van der Waals surface area contributed by atoms with Crippen molar-refractivity contribution in [2.24, 2.45) is 0 Å². The van der Waals surface area contributed by atoms with Crippen LogP contribution in [0.25, 0.3) is 0 Å². The Hall–Kier alpha value is -0.780. The van der Waals surface area contributed by atoms with Crippen molar-refractivity contribution in [3.8, 4) is 0 Å². The van der Waals surface area contributed by atoms with E-state index in [2.05, 4.69) is 10.1 Å². The average Bonchev–Trinajstić information content (AvgIpc) is 1.92. The number of nitrogens with one attached hydrogen (secondary N) is 1. The summed E-state index contributed by atoms with van der Waals surface area (Å²) in [6.07, 6.45) is -7.29. The van der Waals surface area contributed by atoms with E-state index in [1.807, 2.05) is 0 Å². The summed E-state index contributed by atoms with van der Waals surface area (Å²) in [5, 5.41) is 2.10. The Kier molecular flexibility index (Phi) is 2.27. The predicted molar refractivity (Wildman–Crippen MR) is 33.4 cm³/mol. The van der Waals surface area contributed by atoms with Crippen LogP contribution in [0.5, 0.6) is 0 Å². The fraction of sp³-hybridized carbons (Fsp3) is 0.833. The quantitative estimate of drug-likeness (QED) is 0.592. The number of amides is 1. The van der Waals surface area contributed by atoms with Gasteiger partial charge in [-0.15, -0.1) is 0 Å². The number of ether oxygens (including phenoxy) is 1. The minimum absolute atomic E-state index is 0.493. The first-order valence-electron chi connectivity index (χ1n) is 3.41. The van der Waals surface area contributed by atoms with E-state index in [-0.39, 0.29) is 0 Å². The summed E-state index contributed by atoms with van der Waals surface area (Å²) in [5.41, 5.74) is 0. The fourth-order valence-corrected chi connectivity index (χ4v) is 0.886. The van der Waals surface area contributed by atoms with Crippen molar-refractivity contribution in [2.45, 2.75) is 25.3 Å². The SMILES string of the molecule is CC1OC(C(F)(F)F)CNC1=O. The van der Waals surface area contributed by atoms with Gasteiger partial charge < -0.3 is 10.1 Å². The molecule has 0 aliphatic carbocycles. The van der Waals surface area contributed by atoms with Gasteiger partial charge in [0.05, 0.1) is 6.54 Å². The number of halogens is 3. The lowest BCUT2D eigenvalue weighted by Gasteiger charge is -2.29. The Morgan fingerprint density at radius 1 is 1.58 bits per heavy atom. The van der Waals surface area contributed by atoms with Gasteiger partial charge >= 0.3 is 6.18 Å². The molecule has 1 rings (SSSR count). The van der Waals surface area contributed by atoms with Crippen LogP contribution in [0, 0.1) is 0 Å². The van der Waals surface area contributed by atoms with E-state index >= 15 is 0 Å². The molecule has 3 nitrogen and oxygen atoms in total. The van der Waals surface area contributed by atoms with Crippen molar-refractivity contribution < 1.29 is 22.7 Å². The highest BCUT2D eigenvalue weighted by Crippen LogP contribution is 2.25. The van der Waals surface area contributed by atoms with Crippen molar-refractivity contribution in [1.29, 1.82) is 0 Å². The van der Waals surface area contributed by atoms with E-state index in [9.17, 15) is 18.0 Å². The lowest BCUT2D eigenvalue weighted by Crippen LogP contribution is -2.53. The number of carbonyl (C=O) groups is 1. The van der Waals surface area contributed by atoms with E-state index in [1.54, 1.807) is 0 Å². The Bertz CT molecular complexity index is 192. The van der Waals surface area contributed by atoms with Gasteiger partial charge in [-0.1, -0.05) is 0 Å². The molecule has 12 heavy (non-hydrogen) atoms. The molecule has 1 heterocycles. The maximum atomic E-state index is 12.0. The summed E-state index contributed by atoms with van der Waals surface area (Å²) in [6, 6.07) is 0. The standard InChI is InChI=1S/C6H8F3NO2/c1-3-5(11)10-2-4(12-3)6(7,8)9/h3-4H,2H2,1H3,(H,10,11). The normalized spacial score (nSPS) is 31.5. The molecule has 1 N–H and O–H groups in total. The second-order valence-electron chi connectivity index (χ2n) is 2.55. The molecule has 0 radical (unpaired) electrons. The van der Waals surface area contributed by atoms with Crippen molar-refractivity contribution in [1.82, 2.24) is 5.32 Å². The average molecular weight is 183 g/mol. The minimum Gasteiger partial charge on any atom is -0.354 e. The maximum absolute atomic E-state index is 12.0. The molecule has 0 spiro atoms. The first-order chi connectivity index (χ1) is 5.41. The number of rotatable bonds is 0. The summed E-state index contributed by atoms with van der Waals surface area (Å²) in [5.74, 6) is -0.504. The molecule has 0 saturated carbocycles. The van der Waals surface area contributed by atoms with E-state index in [4.69, 9.17) is 0 Å². The zero-order chi connectivity index (χ0) is 9.35. The highest BCUT2D eigenvalue weighted by molar-refractivity contribution is 5.80. The van der Waals surface area contributed by atoms with Gasteiger partial charge in [-0.2, -0.15) is 13.2 Å². The molecule has 1 fully saturated rings. The largest absolute Gasteiger partial charge is 0.416 e. The highest BCUT2D eigenvalue weighted by atomic mass is 19.4. The number of hydrogen-bond donors (Lipinski definition) is 1. The number of alkyl halides is 3. The van der Waals surface area contributed by atoms with Crippen molar-refractivity contribution in [2.75, 3.05) is 6.54 Å². The maximum Gasteiger partial charge on any atom is 0.416 e. The van der Waals surface area contributed by atoms with Crippen molar-refractivity contribution in [3.05, 3.63) is 0 Å². The van der Waals surface area contributed by atoms with E-state index in [0.717, 1.165) is 0 Å². The van der Waals surface area contributed by atoms with Crippen LogP contribution in [0.1, 0.15) is 6.92 Å². The van der Waals surface area contributed by atoms with Gasteiger partial charge in [-0.25, -0.2) is 0 Å². The lowest BCUT2D eigenvalue weighted by atomic mass is 10.2. The zero-order valence-electron chi connectivity index (χ0n) is 6.31. The molecular weight excluding hydrogens is 175 g/mol. The summed E-state index contributed by atoms with van der Waals surface area (Å²) >= 11 is 0. The van der Waals surface area contributed by atoms with Crippen LogP contribution in [0.3, 0.4) is 0 Å². The number of morpholine rings is 1. The van der Waals surface area contributed by atoms with Gasteiger partial charge in [-0.05, 0) is 6.92 Å². The summed E-state index contributed by atoms with van der Waals surface area (Å²) in [4.78, 5) is 10.7. The van der Waals surface area contributed by atoms with Gasteiger partial charge in [0.2, 0.25) is 5.91 Å². The molecule has 2 atom stereocenters. The Morgan fingerprint density at radius 2 is 2.17 bits per heavy atom. The minimum atomic E-state index is -4.40. The van der Waals surface area contributed by atoms with Gasteiger partial charge in [0.15, 0.2) is 6.10 Å². The van der Waals surface area contributed by atoms with Crippen LogP contribution >= 0.6 is 0 Å². The summed E-state index contributed by atoms with van der Waals surface area (Å²) in [7, 11) is 0. The number of carbonyl (C=O) groups excluding carboxylic acids is 1. The van der Waals surface area contributed by atoms with Crippen molar-refractivity contribution in [3.63, 3.8) is 0 Å². The molecule has 6 heteroatoms. The molecule has 2 unspecified atom stereocenters. The second kappa shape index (κ2) is 2.93. The molecule has 0 aromatic heterocycles. The van der Waals surface area contributed by atoms with Crippen LogP contribution in [-0.2, 0) is 9.53 Å². The first-order valence-corrected chi connectivity index (χ1v) is 3.41. The summed E-state index contributed by atoms with van der Waals surface area (Å²) < 4.78 is 40.3. The van der Waals surface area contributed by atoms with Crippen LogP contribution in [0.15, 0.2) is 0 Å². The molecule has 1 saturated heterocycles. The third kappa shape index (κ3) is 1.88. The van der Waals surface area contributed by atoms with Crippen LogP contribution in [0.2, 0.25) is 0 Å². The fourth-order valence-electron chi connectivity index (χ4n) is 0.886. The second-order valence-corrected chi connectivity index (χ2v) is 2.55. The third-order valence-corrected chi connectivity index (χ3v) is 1.56. The molecule has 70 valence electrons. The topological polar surface area (TPSA) is 38.3 Å².